The molecular weight excluding hydrogens is 354 g/mol. The van der Waals surface area contributed by atoms with Gasteiger partial charge in [0.1, 0.15) is 5.82 Å². The maximum absolute atomic E-state index is 5.18. The van der Waals surface area contributed by atoms with E-state index in [4.69, 9.17) is 4.98 Å². The van der Waals surface area contributed by atoms with E-state index < -0.39 is 0 Å². The number of aromatic nitrogens is 2. The highest BCUT2D eigenvalue weighted by Crippen LogP contribution is 2.35. The molecule has 0 aliphatic heterocycles. The Morgan fingerprint density at radius 3 is 2.31 bits per heavy atom. The summed E-state index contributed by atoms with van der Waals surface area (Å²) in [5.41, 5.74) is 7.78. The molecule has 1 N–H and O–H groups in total. The molecule has 29 heavy (non-hydrogen) atoms. The molecule has 0 fully saturated rings. The number of nitrogens with one attached hydrogen (secondary N) is 1. The lowest BCUT2D eigenvalue weighted by atomic mass is 9.99. The number of hydrogen-bond acceptors (Lipinski definition) is 2. The Labute approximate surface area is 173 Å². The number of nitrogens with zero attached hydrogens (tertiary/aromatic N) is 2. The molecule has 2 aromatic carbocycles. The van der Waals surface area contributed by atoms with Crippen molar-refractivity contribution < 1.29 is 0 Å². The molecule has 2 heterocycles. The lowest BCUT2D eigenvalue weighted by Gasteiger charge is -2.16. The second-order valence-corrected chi connectivity index (χ2v) is 7.97. The summed E-state index contributed by atoms with van der Waals surface area (Å²) in [6.07, 6.45) is 2.89. The second kappa shape index (κ2) is 8.38. The number of para-hydroxylation sites is 1. The van der Waals surface area contributed by atoms with E-state index >= 15 is 0 Å². The quantitative estimate of drug-likeness (QED) is 0.434. The van der Waals surface area contributed by atoms with Crippen LogP contribution in [0.3, 0.4) is 0 Å². The molecule has 4 aromatic rings. The maximum atomic E-state index is 5.18. The summed E-state index contributed by atoms with van der Waals surface area (Å²) in [7, 11) is 0. The van der Waals surface area contributed by atoms with Crippen molar-refractivity contribution in [3.05, 3.63) is 71.5 Å². The number of benzene rings is 2. The van der Waals surface area contributed by atoms with Crippen LogP contribution in [-0.4, -0.2) is 22.0 Å². The van der Waals surface area contributed by atoms with Crippen LogP contribution in [0, 0.1) is 0 Å². The lowest BCUT2D eigenvalue weighted by Crippen LogP contribution is -2.25. The van der Waals surface area contributed by atoms with Gasteiger partial charge in [-0.1, -0.05) is 76.2 Å². The summed E-state index contributed by atoms with van der Waals surface area (Å²) in [6, 6.07) is 19.9. The van der Waals surface area contributed by atoms with Crippen molar-refractivity contribution in [1.29, 1.82) is 0 Å². The van der Waals surface area contributed by atoms with Gasteiger partial charge in [-0.15, -0.1) is 0 Å². The Balaban J connectivity index is 2.05. The van der Waals surface area contributed by atoms with Gasteiger partial charge in [0.25, 0.3) is 0 Å². The van der Waals surface area contributed by atoms with E-state index in [1.807, 2.05) is 0 Å². The van der Waals surface area contributed by atoms with E-state index in [0.717, 1.165) is 37.3 Å². The third-order valence-corrected chi connectivity index (χ3v) is 5.69. The molecule has 0 spiro atoms. The van der Waals surface area contributed by atoms with Gasteiger partial charge in [-0.05, 0) is 31.0 Å². The van der Waals surface area contributed by atoms with Crippen molar-refractivity contribution in [2.24, 2.45) is 0 Å². The normalized spacial score (nSPS) is 11.8. The zero-order chi connectivity index (χ0) is 20.4. The molecule has 0 saturated carbocycles. The molecule has 0 bridgehead atoms. The van der Waals surface area contributed by atoms with Crippen molar-refractivity contribution in [3.63, 3.8) is 0 Å². The smallest absolute Gasteiger partial charge is 0.114 e. The fourth-order valence-electron chi connectivity index (χ4n) is 4.40. The van der Waals surface area contributed by atoms with Gasteiger partial charge >= 0.3 is 0 Å². The molecule has 0 unspecified atom stereocenters. The molecule has 0 saturated heterocycles. The first-order chi connectivity index (χ1) is 14.2. The lowest BCUT2D eigenvalue weighted by molar-refractivity contribution is 0.591. The Bertz CT molecular complexity index is 1120. The van der Waals surface area contributed by atoms with Crippen molar-refractivity contribution in [3.8, 4) is 11.3 Å². The number of aryl methyl sites for hydroxylation is 2. The van der Waals surface area contributed by atoms with Gasteiger partial charge in [-0.25, -0.2) is 4.98 Å². The summed E-state index contributed by atoms with van der Waals surface area (Å²) < 4.78 is 2.42. The number of hydrogen-bond donors (Lipinski definition) is 1. The zero-order valence-corrected chi connectivity index (χ0v) is 18.0. The van der Waals surface area contributed by atoms with Crippen molar-refractivity contribution in [2.45, 2.75) is 53.0 Å². The van der Waals surface area contributed by atoms with Crippen LogP contribution in [0.25, 0.3) is 27.7 Å². The average molecular weight is 386 g/mol. The van der Waals surface area contributed by atoms with E-state index in [1.165, 1.54) is 33.1 Å². The molecular formula is C26H31N3. The third-order valence-electron chi connectivity index (χ3n) is 5.69. The van der Waals surface area contributed by atoms with Gasteiger partial charge in [0.15, 0.2) is 0 Å². The fraction of sp³-hybridized carbons (Fsp3) is 0.346. The Morgan fingerprint density at radius 1 is 0.897 bits per heavy atom. The summed E-state index contributed by atoms with van der Waals surface area (Å²) >= 11 is 0. The SMILES string of the molecule is CCc1c(-c2ccccc2)nc(CC)n2c1c(CCNC(C)C)c1ccccc12. The Hall–Kier alpha value is -2.65. The Morgan fingerprint density at radius 2 is 1.62 bits per heavy atom. The van der Waals surface area contributed by atoms with Crippen LogP contribution in [0.1, 0.15) is 44.6 Å². The van der Waals surface area contributed by atoms with Crippen LogP contribution in [0.5, 0.6) is 0 Å². The van der Waals surface area contributed by atoms with Crippen molar-refractivity contribution >= 4 is 16.4 Å². The van der Waals surface area contributed by atoms with E-state index in [1.54, 1.807) is 0 Å². The molecule has 2 aromatic heterocycles. The highest BCUT2D eigenvalue weighted by molar-refractivity contribution is 5.95. The van der Waals surface area contributed by atoms with Gasteiger partial charge < -0.3 is 5.32 Å². The Kier molecular flexibility index (Phi) is 5.68. The van der Waals surface area contributed by atoms with Crippen LogP contribution in [0.2, 0.25) is 0 Å². The van der Waals surface area contributed by atoms with Crippen LogP contribution >= 0.6 is 0 Å². The van der Waals surface area contributed by atoms with Crippen LogP contribution in [-0.2, 0) is 19.3 Å². The van der Waals surface area contributed by atoms with Gasteiger partial charge in [0.05, 0.1) is 16.7 Å². The molecule has 0 radical (unpaired) electrons. The van der Waals surface area contributed by atoms with E-state index in [9.17, 15) is 0 Å². The first-order valence-electron chi connectivity index (χ1n) is 10.9. The minimum atomic E-state index is 0.494. The van der Waals surface area contributed by atoms with E-state index in [-0.39, 0.29) is 0 Å². The summed E-state index contributed by atoms with van der Waals surface area (Å²) in [5, 5.41) is 4.96. The van der Waals surface area contributed by atoms with Gasteiger partial charge in [-0.2, -0.15) is 0 Å². The van der Waals surface area contributed by atoms with Gasteiger partial charge in [0, 0.05) is 29.0 Å². The standard InChI is InChI=1S/C26H31N3/c1-5-20-25(19-12-8-7-9-13-19)28-24(6-2)29-23-15-11-10-14-21(23)22(26(20)29)16-17-27-18(3)4/h7-15,18,27H,5-6,16-17H2,1-4H3. The van der Waals surface area contributed by atoms with Crippen LogP contribution < -0.4 is 5.32 Å². The molecule has 150 valence electrons. The third kappa shape index (κ3) is 3.56. The largest absolute Gasteiger partial charge is 0.314 e. The predicted octanol–water partition coefficient (Wildman–Crippen LogP) is 5.82. The minimum Gasteiger partial charge on any atom is -0.314 e. The van der Waals surface area contributed by atoms with Crippen molar-refractivity contribution in [2.75, 3.05) is 6.54 Å². The first kappa shape index (κ1) is 19.7. The zero-order valence-electron chi connectivity index (χ0n) is 18.0. The second-order valence-electron chi connectivity index (χ2n) is 7.97. The molecule has 0 amide bonds. The molecule has 3 nitrogen and oxygen atoms in total. The molecule has 0 aliphatic rings. The molecule has 3 heteroatoms. The highest BCUT2D eigenvalue weighted by Gasteiger charge is 2.21. The highest BCUT2D eigenvalue weighted by atomic mass is 15.0. The summed E-state index contributed by atoms with van der Waals surface area (Å²) in [4.78, 5) is 5.18. The number of fused-ring (bicyclic) bond motifs is 3. The monoisotopic (exact) mass is 385 g/mol. The summed E-state index contributed by atoms with van der Waals surface area (Å²) in [6.45, 7) is 9.86. The topological polar surface area (TPSA) is 29.3 Å². The summed E-state index contributed by atoms with van der Waals surface area (Å²) in [5.74, 6) is 1.13. The average Bonchev–Trinajstić information content (AvgIpc) is 3.08. The number of rotatable bonds is 7. The van der Waals surface area contributed by atoms with Gasteiger partial charge in [0.2, 0.25) is 0 Å². The van der Waals surface area contributed by atoms with Crippen molar-refractivity contribution in [1.82, 2.24) is 14.7 Å². The van der Waals surface area contributed by atoms with Crippen LogP contribution in [0.4, 0.5) is 0 Å². The molecule has 0 atom stereocenters. The maximum Gasteiger partial charge on any atom is 0.114 e. The minimum absolute atomic E-state index is 0.494. The van der Waals surface area contributed by atoms with Crippen LogP contribution in [0.15, 0.2) is 54.6 Å². The van der Waals surface area contributed by atoms with Gasteiger partial charge in [-0.3, -0.25) is 4.40 Å². The van der Waals surface area contributed by atoms with E-state index in [0.29, 0.717) is 6.04 Å². The molecule has 4 rings (SSSR count). The molecule has 0 aliphatic carbocycles. The predicted molar refractivity (Wildman–Crippen MR) is 124 cm³/mol. The first-order valence-corrected chi connectivity index (χ1v) is 10.9. The van der Waals surface area contributed by atoms with E-state index in [2.05, 4.69) is 92.0 Å². The fourth-order valence-corrected chi connectivity index (χ4v) is 4.40.